The summed E-state index contributed by atoms with van der Waals surface area (Å²) in [4.78, 5) is 15.6. The Labute approximate surface area is 113 Å². The van der Waals surface area contributed by atoms with Crippen LogP contribution in [-0.2, 0) is 19.4 Å². The lowest BCUT2D eigenvalue weighted by Crippen LogP contribution is -1.96. The molecule has 0 unspecified atom stereocenters. The van der Waals surface area contributed by atoms with Crippen molar-refractivity contribution in [3.63, 3.8) is 0 Å². The minimum atomic E-state index is 0.307. The van der Waals surface area contributed by atoms with Gasteiger partial charge in [-0.3, -0.25) is 4.79 Å². The normalized spacial score (nSPS) is 13.8. The van der Waals surface area contributed by atoms with Gasteiger partial charge in [0.15, 0.2) is 5.78 Å². The molecule has 1 aromatic heterocycles. The van der Waals surface area contributed by atoms with Crippen molar-refractivity contribution in [1.29, 1.82) is 0 Å². The second-order valence-corrected chi connectivity index (χ2v) is 5.17. The molecule has 0 atom stereocenters. The molecule has 0 bridgehead atoms. The lowest BCUT2D eigenvalue weighted by Gasteiger charge is -2.05. The van der Waals surface area contributed by atoms with E-state index in [2.05, 4.69) is 21.7 Å². The van der Waals surface area contributed by atoms with Crippen molar-refractivity contribution in [3.05, 3.63) is 53.6 Å². The van der Waals surface area contributed by atoms with Gasteiger partial charge in [0.05, 0.1) is 6.33 Å². The molecule has 3 nitrogen and oxygen atoms in total. The largest absolute Gasteiger partial charge is 0.337 e. The zero-order chi connectivity index (χ0) is 13.1. The third-order valence-electron chi connectivity index (χ3n) is 3.78. The van der Waals surface area contributed by atoms with Crippen molar-refractivity contribution in [1.82, 2.24) is 9.55 Å². The second-order valence-electron chi connectivity index (χ2n) is 5.17. The van der Waals surface area contributed by atoms with E-state index in [9.17, 15) is 4.79 Å². The average molecular weight is 254 g/mol. The van der Waals surface area contributed by atoms with Crippen LogP contribution in [0.25, 0.3) is 0 Å². The van der Waals surface area contributed by atoms with Crippen molar-refractivity contribution in [2.45, 2.75) is 38.6 Å². The van der Waals surface area contributed by atoms with Crippen molar-refractivity contribution < 1.29 is 4.79 Å². The van der Waals surface area contributed by atoms with Crippen molar-refractivity contribution >= 4 is 5.78 Å². The summed E-state index contributed by atoms with van der Waals surface area (Å²) in [6.45, 7) is 1.03. The number of benzene rings is 1. The molecule has 0 saturated heterocycles. The fourth-order valence-electron chi connectivity index (χ4n) is 2.71. The standard InChI is InChI=1S/C16H18N2O/c19-16-7-5-14-11-13(4-6-15(14)16)3-1-2-9-18-10-8-17-12-18/h4,6,8,10-12H,1-3,5,7,9H2. The zero-order valence-electron chi connectivity index (χ0n) is 11.0. The maximum absolute atomic E-state index is 11.6. The molecule has 0 saturated carbocycles. The molecule has 0 fully saturated rings. The number of unbranched alkanes of at least 4 members (excludes halogenated alkanes) is 1. The number of ketones is 1. The zero-order valence-corrected chi connectivity index (χ0v) is 11.0. The molecule has 1 aliphatic carbocycles. The third-order valence-corrected chi connectivity index (χ3v) is 3.78. The van der Waals surface area contributed by atoms with Crippen LogP contribution in [-0.4, -0.2) is 15.3 Å². The number of rotatable bonds is 5. The van der Waals surface area contributed by atoms with Crippen molar-refractivity contribution in [2.24, 2.45) is 0 Å². The molecule has 0 N–H and O–H groups in total. The molecule has 19 heavy (non-hydrogen) atoms. The van der Waals surface area contributed by atoms with Crippen LogP contribution in [0, 0.1) is 0 Å². The topological polar surface area (TPSA) is 34.9 Å². The molecule has 2 aromatic rings. The lowest BCUT2D eigenvalue weighted by molar-refractivity contribution is 0.0994. The van der Waals surface area contributed by atoms with E-state index in [0.717, 1.165) is 31.4 Å². The van der Waals surface area contributed by atoms with Crippen molar-refractivity contribution in [3.8, 4) is 0 Å². The number of hydrogen-bond acceptors (Lipinski definition) is 2. The Bertz CT molecular complexity index is 572. The number of carbonyl (C=O) groups is 1. The van der Waals surface area contributed by atoms with E-state index in [4.69, 9.17) is 0 Å². The van der Waals surface area contributed by atoms with Gasteiger partial charge >= 0.3 is 0 Å². The van der Waals surface area contributed by atoms with Crippen LogP contribution in [0.2, 0.25) is 0 Å². The molecule has 3 heteroatoms. The SMILES string of the molecule is O=C1CCc2cc(CCCCn3ccnc3)ccc21. The number of nitrogens with zero attached hydrogens (tertiary/aromatic N) is 2. The molecule has 98 valence electrons. The smallest absolute Gasteiger partial charge is 0.163 e. The van der Waals surface area contributed by atoms with Gasteiger partial charge < -0.3 is 4.57 Å². The van der Waals surface area contributed by atoms with Gasteiger partial charge in [-0.2, -0.15) is 0 Å². The first-order chi connectivity index (χ1) is 9.33. The van der Waals surface area contributed by atoms with Crippen LogP contribution in [0.15, 0.2) is 36.9 Å². The Hall–Kier alpha value is -1.90. The number of fused-ring (bicyclic) bond motifs is 1. The number of aromatic nitrogens is 2. The van der Waals surface area contributed by atoms with Crippen LogP contribution < -0.4 is 0 Å². The van der Waals surface area contributed by atoms with Crippen LogP contribution >= 0.6 is 0 Å². The number of hydrogen-bond donors (Lipinski definition) is 0. The summed E-state index contributed by atoms with van der Waals surface area (Å²) >= 11 is 0. The van der Waals surface area contributed by atoms with Gasteiger partial charge in [0.2, 0.25) is 0 Å². The highest BCUT2D eigenvalue weighted by Gasteiger charge is 2.18. The molecular weight excluding hydrogens is 236 g/mol. The summed E-state index contributed by atoms with van der Waals surface area (Å²) in [7, 11) is 0. The minimum Gasteiger partial charge on any atom is -0.337 e. The fourth-order valence-corrected chi connectivity index (χ4v) is 2.71. The highest BCUT2D eigenvalue weighted by atomic mass is 16.1. The number of Topliss-reactive ketones (excluding diaryl/α,β-unsaturated/α-hetero) is 1. The Kier molecular flexibility index (Phi) is 3.45. The molecule has 1 aromatic carbocycles. The maximum Gasteiger partial charge on any atom is 0.163 e. The molecule has 0 spiro atoms. The van der Waals surface area contributed by atoms with Gasteiger partial charge in [0.25, 0.3) is 0 Å². The Balaban J connectivity index is 1.52. The summed E-state index contributed by atoms with van der Waals surface area (Å²) in [6, 6.07) is 6.34. The number of carbonyl (C=O) groups excluding carboxylic acids is 1. The summed E-state index contributed by atoms with van der Waals surface area (Å²) in [6.07, 6.45) is 10.7. The molecular formula is C16H18N2O. The van der Waals surface area contributed by atoms with Gasteiger partial charge in [-0.25, -0.2) is 4.98 Å². The summed E-state index contributed by atoms with van der Waals surface area (Å²) in [5.74, 6) is 0.307. The first-order valence-electron chi connectivity index (χ1n) is 6.94. The number of aryl methyl sites for hydroxylation is 3. The van der Waals surface area contributed by atoms with E-state index in [1.807, 2.05) is 24.8 Å². The Morgan fingerprint density at radius 3 is 3.00 bits per heavy atom. The first kappa shape index (κ1) is 12.2. The second kappa shape index (κ2) is 5.39. The van der Waals surface area contributed by atoms with E-state index in [1.54, 1.807) is 0 Å². The lowest BCUT2D eigenvalue weighted by atomic mass is 10.0. The quantitative estimate of drug-likeness (QED) is 0.769. The third kappa shape index (κ3) is 2.75. The van der Waals surface area contributed by atoms with Gasteiger partial charge in [-0.15, -0.1) is 0 Å². The Morgan fingerprint density at radius 2 is 2.16 bits per heavy atom. The average Bonchev–Trinajstić information content (AvgIpc) is 3.05. The Morgan fingerprint density at radius 1 is 1.21 bits per heavy atom. The van der Waals surface area contributed by atoms with Gasteiger partial charge in [-0.05, 0) is 36.8 Å². The van der Waals surface area contributed by atoms with Crippen molar-refractivity contribution in [2.75, 3.05) is 0 Å². The fraction of sp³-hybridized carbons (Fsp3) is 0.375. The predicted octanol–water partition coefficient (Wildman–Crippen LogP) is 3.03. The predicted molar refractivity (Wildman–Crippen MR) is 74.3 cm³/mol. The maximum atomic E-state index is 11.6. The van der Waals surface area contributed by atoms with E-state index in [1.165, 1.54) is 17.5 Å². The number of imidazole rings is 1. The van der Waals surface area contributed by atoms with E-state index >= 15 is 0 Å². The molecule has 3 rings (SSSR count). The van der Waals surface area contributed by atoms with E-state index < -0.39 is 0 Å². The van der Waals surface area contributed by atoms with Crippen LogP contribution in [0.5, 0.6) is 0 Å². The highest BCUT2D eigenvalue weighted by Crippen LogP contribution is 2.23. The molecule has 0 radical (unpaired) electrons. The highest BCUT2D eigenvalue weighted by molar-refractivity contribution is 6.00. The van der Waals surface area contributed by atoms with Crippen LogP contribution in [0.3, 0.4) is 0 Å². The van der Waals surface area contributed by atoms with E-state index in [-0.39, 0.29) is 0 Å². The molecule has 1 aliphatic rings. The van der Waals surface area contributed by atoms with Gasteiger partial charge in [0.1, 0.15) is 0 Å². The molecule has 0 amide bonds. The molecule has 1 heterocycles. The molecule has 0 aliphatic heterocycles. The summed E-state index contributed by atoms with van der Waals surface area (Å²) in [5, 5.41) is 0. The van der Waals surface area contributed by atoms with Gasteiger partial charge in [-0.1, -0.05) is 18.2 Å². The first-order valence-corrected chi connectivity index (χ1v) is 6.94. The van der Waals surface area contributed by atoms with Gasteiger partial charge in [0, 0.05) is 30.9 Å². The van der Waals surface area contributed by atoms with E-state index in [0.29, 0.717) is 12.2 Å². The monoisotopic (exact) mass is 254 g/mol. The van der Waals surface area contributed by atoms with Crippen LogP contribution in [0.4, 0.5) is 0 Å². The summed E-state index contributed by atoms with van der Waals surface area (Å²) in [5.41, 5.74) is 3.55. The van der Waals surface area contributed by atoms with Crippen LogP contribution in [0.1, 0.15) is 40.7 Å². The minimum absolute atomic E-state index is 0.307. The summed E-state index contributed by atoms with van der Waals surface area (Å²) < 4.78 is 2.11.